The van der Waals surface area contributed by atoms with Crippen LogP contribution in [-0.2, 0) is 0 Å². The summed E-state index contributed by atoms with van der Waals surface area (Å²) in [6, 6.07) is 9.82. The van der Waals surface area contributed by atoms with E-state index in [-0.39, 0.29) is 17.3 Å². The van der Waals surface area contributed by atoms with E-state index in [0.717, 1.165) is 15.0 Å². The van der Waals surface area contributed by atoms with Gasteiger partial charge in [0.15, 0.2) is 0 Å². The molecule has 2 heterocycles. The highest BCUT2D eigenvalue weighted by atomic mass is 35.5. The predicted octanol–water partition coefficient (Wildman–Crippen LogP) is 3.12. The van der Waals surface area contributed by atoms with Gasteiger partial charge in [-0.15, -0.1) is 11.3 Å². The van der Waals surface area contributed by atoms with Gasteiger partial charge in [0, 0.05) is 16.1 Å². The van der Waals surface area contributed by atoms with Crippen molar-refractivity contribution >= 4 is 38.9 Å². The average molecular weight is 348 g/mol. The Balaban J connectivity index is 1.69. The van der Waals surface area contributed by atoms with E-state index in [9.17, 15) is 9.90 Å². The van der Waals surface area contributed by atoms with Crippen molar-refractivity contribution in [3.8, 4) is 0 Å². The van der Waals surface area contributed by atoms with Gasteiger partial charge in [0.2, 0.25) is 0 Å². The van der Waals surface area contributed by atoms with Gasteiger partial charge < -0.3 is 10.4 Å². The zero-order valence-corrected chi connectivity index (χ0v) is 13.9. The first kappa shape index (κ1) is 15.9. The number of nitrogens with one attached hydrogen (secondary N) is 1. The molecule has 0 aliphatic rings. The largest absolute Gasteiger partial charge is 0.386 e. The predicted molar refractivity (Wildman–Crippen MR) is 90.9 cm³/mol. The smallest absolute Gasteiger partial charge is 0.271 e. The van der Waals surface area contributed by atoms with E-state index in [4.69, 9.17) is 11.6 Å². The third-order valence-corrected chi connectivity index (χ3v) is 4.80. The number of aliphatic hydroxyl groups excluding tert-OH is 1. The fourth-order valence-electron chi connectivity index (χ4n) is 2.15. The molecule has 118 valence electrons. The first-order valence-corrected chi connectivity index (χ1v) is 8.18. The third-order valence-electron chi connectivity index (χ3n) is 3.31. The van der Waals surface area contributed by atoms with Crippen LogP contribution in [0.1, 0.15) is 27.3 Å². The molecule has 23 heavy (non-hydrogen) atoms. The molecule has 0 spiro atoms. The van der Waals surface area contributed by atoms with Gasteiger partial charge in [-0.2, -0.15) is 0 Å². The molecule has 0 bridgehead atoms. The lowest BCUT2D eigenvalue weighted by Gasteiger charge is -2.10. The maximum absolute atomic E-state index is 12.1. The van der Waals surface area contributed by atoms with Gasteiger partial charge in [-0.25, -0.2) is 9.97 Å². The highest BCUT2D eigenvalue weighted by molar-refractivity contribution is 7.19. The van der Waals surface area contributed by atoms with E-state index in [0.29, 0.717) is 5.82 Å². The van der Waals surface area contributed by atoms with E-state index >= 15 is 0 Å². The number of benzene rings is 1. The van der Waals surface area contributed by atoms with Gasteiger partial charge in [-0.3, -0.25) is 4.79 Å². The molecule has 0 saturated carbocycles. The van der Waals surface area contributed by atoms with Crippen LogP contribution in [0.5, 0.6) is 0 Å². The van der Waals surface area contributed by atoms with Crippen LogP contribution >= 0.6 is 22.9 Å². The standard InChI is InChI=1S/C16H14ClN3O2S/c1-9-18-7-11(17)15(20-9)16(22)19-8-12(21)14-6-10-4-2-3-5-13(10)23-14/h2-7,12,21H,8H2,1H3,(H,19,22). The van der Waals surface area contributed by atoms with Gasteiger partial charge in [0.05, 0.1) is 11.2 Å². The first-order chi connectivity index (χ1) is 11.0. The summed E-state index contributed by atoms with van der Waals surface area (Å²) in [5.74, 6) is 0.0327. The Morgan fingerprint density at radius 1 is 1.43 bits per heavy atom. The Morgan fingerprint density at radius 2 is 2.22 bits per heavy atom. The molecule has 5 nitrogen and oxygen atoms in total. The van der Waals surface area contributed by atoms with Gasteiger partial charge >= 0.3 is 0 Å². The maximum Gasteiger partial charge on any atom is 0.271 e. The highest BCUT2D eigenvalue weighted by Gasteiger charge is 2.16. The van der Waals surface area contributed by atoms with Crippen LogP contribution in [0.15, 0.2) is 36.5 Å². The number of amides is 1. The normalized spacial score (nSPS) is 12.3. The van der Waals surface area contributed by atoms with Crippen LogP contribution < -0.4 is 5.32 Å². The van der Waals surface area contributed by atoms with Crippen LogP contribution in [0.2, 0.25) is 5.02 Å². The summed E-state index contributed by atoms with van der Waals surface area (Å²) in [4.78, 5) is 20.9. The molecule has 3 rings (SSSR count). The minimum absolute atomic E-state index is 0.0883. The summed E-state index contributed by atoms with van der Waals surface area (Å²) in [6.07, 6.45) is 0.611. The molecule has 7 heteroatoms. The van der Waals surface area contributed by atoms with E-state index in [1.165, 1.54) is 17.5 Å². The molecule has 1 unspecified atom stereocenters. The van der Waals surface area contributed by atoms with Gasteiger partial charge in [-0.1, -0.05) is 29.8 Å². The molecular weight excluding hydrogens is 334 g/mol. The summed E-state index contributed by atoms with van der Waals surface area (Å²) in [6.45, 7) is 1.77. The number of halogens is 1. The van der Waals surface area contributed by atoms with Crippen LogP contribution in [0, 0.1) is 6.92 Å². The Hall–Kier alpha value is -2.02. The summed E-state index contributed by atoms with van der Waals surface area (Å²) >= 11 is 7.44. The summed E-state index contributed by atoms with van der Waals surface area (Å²) in [5, 5.41) is 14.2. The molecule has 0 radical (unpaired) electrons. The van der Waals surface area contributed by atoms with E-state index in [1.54, 1.807) is 6.92 Å². The summed E-state index contributed by atoms with van der Waals surface area (Å²) in [7, 11) is 0. The minimum atomic E-state index is -0.780. The molecule has 1 amide bonds. The third kappa shape index (κ3) is 3.50. The number of rotatable bonds is 4. The number of hydrogen-bond donors (Lipinski definition) is 2. The first-order valence-electron chi connectivity index (χ1n) is 6.98. The number of carbonyl (C=O) groups is 1. The lowest BCUT2D eigenvalue weighted by molar-refractivity contribution is 0.0913. The fraction of sp³-hybridized carbons (Fsp3) is 0.188. The molecule has 2 aromatic heterocycles. The van der Waals surface area contributed by atoms with E-state index in [2.05, 4.69) is 15.3 Å². The summed E-state index contributed by atoms with van der Waals surface area (Å²) < 4.78 is 1.10. The molecule has 1 aromatic carbocycles. The van der Waals surface area contributed by atoms with Crippen LogP contribution in [-0.4, -0.2) is 27.5 Å². The lowest BCUT2D eigenvalue weighted by Crippen LogP contribution is -2.29. The second kappa shape index (κ2) is 6.62. The SMILES string of the molecule is Cc1ncc(Cl)c(C(=O)NCC(O)c2cc3ccccc3s2)n1. The molecule has 1 atom stereocenters. The highest BCUT2D eigenvalue weighted by Crippen LogP contribution is 2.29. The van der Waals surface area contributed by atoms with Crippen LogP contribution in [0.25, 0.3) is 10.1 Å². The van der Waals surface area contributed by atoms with Crippen molar-refractivity contribution in [1.82, 2.24) is 15.3 Å². The number of aromatic nitrogens is 2. The molecule has 0 fully saturated rings. The minimum Gasteiger partial charge on any atom is -0.386 e. The van der Waals surface area contributed by atoms with Crippen LogP contribution in [0.3, 0.4) is 0 Å². The quantitative estimate of drug-likeness (QED) is 0.760. The van der Waals surface area contributed by atoms with Crippen molar-refractivity contribution in [2.45, 2.75) is 13.0 Å². The average Bonchev–Trinajstić information content (AvgIpc) is 2.98. The van der Waals surface area contributed by atoms with Crippen molar-refractivity contribution in [3.63, 3.8) is 0 Å². The summed E-state index contributed by atoms with van der Waals surface area (Å²) in [5.41, 5.74) is 0.114. The van der Waals surface area contributed by atoms with Crippen molar-refractivity contribution in [3.05, 3.63) is 57.9 Å². The van der Waals surface area contributed by atoms with Gasteiger partial charge in [0.1, 0.15) is 17.6 Å². The number of thiophene rings is 1. The second-order valence-corrected chi connectivity index (χ2v) is 6.55. The molecular formula is C16H14ClN3O2S. The van der Waals surface area contributed by atoms with Crippen molar-refractivity contribution in [1.29, 1.82) is 0 Å². The Morgan fingerprint density at radius 3 is 3.00 bits per heavy atom. The molecule has 0 aliphatic carbocycles. The monoisotopic (exact) mass is 347 g/mol. The molecule has 0 saturated heterocycles. The van der Waals surface area contributed by atoms with E-state index in [1.807, 2.05) is 30.3 Å². The maximum atomic E-state index is 12.1. The van der Waals surface area contributed by atoms with Crippen molar-refractivity contribution in [2.24, 2.45) is 0 Å². The van der Waals surface area contributed by atoms with Crippen molar-refractivity contribution < 1.29 is 9.90 Å². The number of carbonyl (C=O) groups excluding carboxylic acids is 1. The van der Waals surface area contributed by atoms with Gasteiger partial charge in [-0.05, 0) is 24.4 Å². The number of hydrogen-bond acceptors (Lipinski definition) is 5. The topological polar surface area (TPSA) is 75.1 Å². The molecule has 3 aromatic rings. The Kier molecular flexibility index (Phi) is 4.56. The number of nitrogens with zero attached hydrogens (tertiary/aromatic N) is 2. The zero-order chi connectivity index (χ0) is 16.4. The van der Waals surface area contributed by atoms with Gasteiger partial charge in [0.25, 0.3) is 5.91 Å². The lowest BCUT2D eigenvalue weighted by atomic mass is 10.2. The number of fused-ring (bicyclic) bond motifs is 1. The van der Waals surface area contributed by atoms with E-state index < -0.39 is 12.0 Å². The molecule has 0 aliphatic heterocycles. The Labute approximate surface area is 142 Å². The zero-order valence-electron chi connectivity index (χ0n) is 12.3. The molecule has 2 N–H and O–H groups in total. The fourth-order valence-corrected chi connectivity index (χ4v) is 3.38. The second-order valence-electron chi connectivity index (χ2n) is 5.03. The van der Waals surface area contributed by atoms with Crippen molar-refractivity contribution in [2.75, 3.05) is 6.54 Å². The van der Waals surface area contributed by atoms with Crippen LogP contribution in [0.4, 0.5) is 0 Å². The number of aryl methyl sites for hydroxylation is 1. The Bertz CT molecular complexity index is 832. The number of aliphatic hydroxyl groups is 1.